The third-order valence-corrected chi connectivity index (χ3v) is 4.78. The van der Waals surface area contributed by atoms with E-state index in [0.717, 1.165) is 6.42 Å². The highest BCUT2D eigenvalue weighted by Gasteiger charge is 2.51. The first kappa shape index (κ1) is 14.4. The van der Waals surface area contributed by atoms with Gasteiger partial charge in [0.1, 0.15) is 0 Å². The molecule has 0 saturated heterocycles. The molecule has 0 radical (unpaired) electrons. The molecule has 0 spiro atoms. The molecule has 6 heteroatoms. The number of rotatable bonds is 3. The molecular formula is C15H13Cl2NO3. The number of carbonyl (C=O) groups excluding carboxylic acids is 1. The number of carboxylic acids is 1. The molecule has 4 nitrogen and oxygen atoms in total. The van der Waals surface area contributed by atoms with Crippen LogP contribution < -0.4 is 5.32 Å². The van der Waals surface area contributed by atoms with Gasteiger partial charge >= 0.3 is 5.97 Å². The maximum atomic E-state index is 12.5. The van der Waals surface area contributed by atoms with Crippen molar-refractivity contribution in [3.63, 3.8) is 0 Å². The summed E-state index contributed by atoms with van der Waals surface area (Å²) in [5.41, 5.74) is 0.446. The maximum Gasteiger partial charge on any atom is 0.307 e. The fourth-order valence-corrected chi connectivity index (χ4v) is 3.78. The molecule has 0 aliphatic heterocycles. The second-order valence-corrected chi connectivity index (χ2v) is 6.30. The first-order valence-corrected chi connectivity index (χ1v) is 7.40. The van der Waals surface area contributed by atoms with Crippen LogP contribution in [0.25, 0.3) is 0 Å². The molecule has 4 atom stereocenters. The topological polar surface area (TPSA) is 66.4 Å². The van der Waals surface area contributed by atoms with E-state index in [9.17, 15) is 14.7 Å². The smallest absolute Gasteiger partial charge is 0.307 e. The first-order chi connectivity index (χ1) is 9.97. The summed E-state index contributed by atoms with van der Waals surface area (Å²) in [4.78, 5) is 23.9. The molecule has 1 amide bonds. The molecule has 2 bridgehead atoms. The number of halogens is 2. The highest BCUT2D eigenvalue weighted by molar-refractivity contribution is 6.36. The summed E-state index contributed by atoms with van der Waals surface area (Å²) in [6, 6.07) is 4.77. The fourth-order valence-electron chi connectivity index (χ4n) is 3.32. The van der Waals surface area contributed by atoms with Crippen molar-refractivity contribution in [2.75, 3.05) is 5.32 Å². The zero-order valence-electron chi connectivity index (χ0n) is 10.9. The molecule has 2 aliphatic rings. The number of hydrogen-bond acceptors (Lipinski definition) is 2. The minimum absolute atomic E-state index is 0.0119. The summed E-state index contributed by atoms with van der Waals surface area (Å²) >= 11 is 11.8. The van der Waals surface area contributed by atoms with Gasteiger partial charge in [0.05, 0.1) is 22.5 Å². The van der Waals surface area contributed by atoms with Crippen molar-refractivity contribution in [2.45, 2.75) is 6.42 Å². The van der Waals surface area contributed by atoms with Crippen molar-refractivity contribution in [3.05, 3.63) is 40.4 Å². The van der Waals surface area contributed by atoms with E-state index in [1.165, 1.54) is 6.07 Å². The largest absolute Gasteiger partial charge is 0.481 e. The quantitative estimate of drug-likeness (QED) is 0.836. The highest BCUT2D eigenvalue weighted by Crippen LogP contribution is 2.48. The lowest BCUT2D eigenvalue weighted by molar-refractivity contribution is -0.146. The lowest BCUT2D eigenvalue weighted by atomic mass is 9.82. The molecule has 110 valence electrons. The standard InChI is InChI=1S/C15H13Cl2NO3/c16-9-3-4-11(10(17)6-9)18-14(19)12-7-1-2-8(5-7)13(12)15(20)21/h1-4,6-8,12-13H,5H2,(H,18,19)(H,20,21)/t7-,8-,12+,13+/m0/s1. The van der Waals surface area contributed by atoms with Crippen LogP contribution in [0.3, 0.4) is 0 Å². The molecule has 0 heterocycles. The van der Waals surface area contributed by atoms with Crippen molar-refractivity contribution < 1.29 is 14.7 Å². The van der Waals surface area contributed by atoms with E-state index >= 15 is 0 Å². The normalized spacial score (nSPS) is 29.6. The Kier molecular flexibility index (Phi) is 3.68. The van der Waals surface area contributed by atoms with E-state index in [-0.39, 0.29) is 17.7 Å². The van der Waals surface area contributed by atoms with Crippen molar-refractivity contribution in [1.29, 1.82) is 0 Å². The number of amides is 1. The number of fused-ring (bicyclic) bond motifs is 2. The molecule has 0 aromatic heterocycles. The number of anilines is 1. The maximum absolute atomic E-state index is 12.5. The summed E-state index contributed by atoms with van der Waals surface area (Å²) in [6.07, 6.45) is 4.57. The molecule has 1 aromatic rings. The Morgan fingerprint density at radius 2 is 1.81 bits per heavy atom. The molecule has 3 rings (SSSR count). The van der Waals surface area contributed by atoms with Crippen LogP contribution in [-0.4, -0.2) is 17.0 Å². The van der Waals surface area contributed by atoms with Gasteiger partial charge < -0.3 is 10.4 Å². The van der Waals surface area contributed by atoms with Crippen molar-refractivity contribution in [2.24, 2.45) is 23.7 Å². The average Bonchev–Trinajstić information content (AvgIpc) is 3.02. The second kappa shape index (κ2) is 5.35. The Balaban J connectivity index is 1.82. The van der Waals surface area contributed by atoms with Gasteiger partial charge in [0, 0.05) is 5.02 Å². The number of hydrogen-bond donors (Lipinski definition) is 2. The van der Waals surface area contributed by atoms with Crippen LogP contribution in [0.4, 0.5) is 5.69 Å². The van der Waals surface area contributed by atoms with E-state index in [2.05, 4.69) is 5.32 Å². The zero-order valence-corrected chi connectivity index (χ0v) is 12.4. The molecule has 2 aliphatic carbocycles. The van der Waals surface area contributed by atoms with E-state index in [1.54, 1.807) is 12.1 Å². The lowest BCUT2D eigenvalue weighted by Gasteiger charge is -2.24. The van der Waals surface area contributed by atoms with E-state index < -0.39 is 17.8 Å². The Labute approximate surface area is 131 Å². The molecule has 1 saturated carbocycles. The van der Waals surface area contributed by atoms with Gasteiger partial charge in [0.15, 0.2) is 0 Å². The third-order valence-electron chi connectivity index (χ3n) is 4.24. The van der Waals surface area contributed by atoms with Crippen LogP contribution in [0.1, 0.15) is 6.42 Å². The zero-order chi connectivity index (χ0) is 15.1. The van der Waals surface area contributed by atoms with Crippen LogP contribution in [0.5, 0.6) is 0 Å². The van der Waals surface area contributed by atoms with E-state index in [4.69, 9.17) is 23.2 Å². The van der Waals surface area contributed by atoms with Gasteiger partial charge in [0.2, 0.25) is 5.91 Å². The summed E-state index contributed by atoms with van der Waals surface area (Å²) < 4.78 is 0. The predicted molar refractivity (Wildman–Crippen MR) is 80.4 cm³/mol. The fraction of sp³-hybridized carbons (Fsp3) is 0.333. The molecule has 21 heavy (non-hydrogen) atoms. The van der Waals surface area contributed by atoms with Gasteiger partial charge in [-0.2, -0.15) is 0 Å². The molecule has 1 fully saturated rings. The number of nitrogens with one attached hydrogen (secondary N) is 1. The van der Waals surface area contributed by atoms with E-state index in [0.29, 0.717) is 15.7 Å². The Morgan fingerprint density at radius 1 is 1.14 bits per heavy atom. The third kappa shape index (κ3) is 2.54. The van der Waals surface area contributed by atoms with Crippen molar-refractivity contribution in [1.82, 2.24) is 0 Å². The lowest BCUT2D eigenvalue weighted by Crippen LogP contribution is -2.36. The van der Waals surface area contributed by atoms with Crippen LogP contribution in [0, 0.1) is 23.7 Å². The molecule has 1 aromatic carbocycles. The van der Waals surface area contributed by atoms with Gasteiger partial charge in [-0.3, -0.25) is 9.59 Å². The number of carbonyl (C=O) groups is 2. The van der Waals surface area contributed by atoms with Gasteiger partial charge in [-0.05, 0) is 36.5 Å². The van der Waals surface area contributed by atoms with Crippen LogP contribution in [0.2, 0.25) is 10.0 Å². The van der Waals surface area contributed by atoms with Crippen LogP contribution in [-0.2, 0) is 9.59 Å². The average molecular weight is 326 g/mol. The Bertz CT molecular complexity index is 644. The summed E-state index contributed by atoms with van der Waals surface area (Å²) in [6.45, 7) is 0. The number of allylic oxidation sites excluding steroid dienone is 2. The second-order valence-electron chi connectivity index (χ2n) is 5.45. The van der Waals surface area contributed by atoms with Crippen molar-refractivity contribution >= 4 is 40.8 Å². The summed E-state index contributed by atoms with van der Waals surface area (Å²) in [7, 11) is 0. The van der Waals surface area contributed by atoms with Crippen molar-refractivity contribution in [3.8, 4) is 0 Å². The van der Waals surface area contributed by atoms with Gasteiger partial charge in [-0.25, -0.2) is 0 Å². The Hall–Kier alpha value is -1.52. The van der Waals surface area contributed by atoms with Gasteiger partial charge in [-0.15, -0.1) is 0 Å². The first-order valence-electron chi connectivity index (χ1n) is 6.64. The highest BCUT2D eigenvalue weighted by atomic mass is 35.5. The molecule has 0 unspecified atom stereocenters. The number of carboxylic acid groups (broad SMARTS) is 1. The number of benzene rings is 1. The van der Waals surface area contributed by atoms with Crippen LogP contribution >= 0.6 is 23.2 Å². The van der Waals surface area contributed by atoms with E-state index in [1.807, 2.05) is 12.2 Å². The van der Waals surface area contributed by atoms with Gasteiger partial charge in [-0.1, -0.05) is 35.4 Å². The monoisotopic (exact) mass is 325 g/mol. The molecule has 2 N–H and O–H groups in total. The minimum Gasteiger partial charge on any atom is -0.481 e. The summed E-state index contributed by atoms with van der Waals surface area (Å²) in [5.74, 6) is -2.50. The number of aliphatic carboxylic acids is 1. The SMILES string of the molecule is O=C(O)[C@H]1[C@H](C(=O)Nc2ccc(Cl)cc2Cl)[C@H]2C=C[C@H]1C2. The minimum atomic E-state index is -0.922. The predicted octanol–water partition coefficient (Wildman–Crippen LogP) is 3.45. The Morgan fingerprint density at radius 3 is 2.43 bits per heavy atom. The molecular weight excluding hydrogens is 313 g/mol. The van der Waals surface area contributed by atoms with Gasteiger partial charge in [0.25, 0.3) is 0 Å². The van der Waals surface area contributed by atoms with Crippen LogP contribution in [0.15, 0.2) is 30.4 Å². The summed E-state index contributed by atoms with van der Waals surface area (Å²) in [5, 5.41) is 12.9.